The van der Waals surface area contributed by atoms with Gasteiger partial charge in [-0.05, 0) is 12.1 Å². The van der Waals surface area contributed by atoms with Gasteiger partial charge in [-0.1, -0.05) is 72.8 Å². The quantitative estimate of drug-likeness (QED) is 0.437. The van der Waals surface area contributed by atoms with Gasteiger partial charge < -0.3 is 0 Å². The SMILES string of the molecule is Fc1cccc(-c2cn3nc(-c4ccccc4)c(-c4ccccc4)nc3n2)c1. The Balaban J connectivity index is 1.74. The van der Waals surface area contributed by atoms with Crippen molar-refractivity contribution in [3.8, 4) is 33.8 Å². The molecule has 0 saturated heterocycles. The van der Waals surface area contributed by atoms with Crippen molar-refractivity contribution in [3.05, 3.63) is 96.9 Å². The molecule has 3 aromatic carbocycles. The summed E-state index contributed by atoms with van der Waals surface area (Å²) in [6.07, 6.45) is 1.78. The van der Waals surface area contributed by atoms with Crippen LogP contribution in [0.3, 0.4) is 0 Å². The van der Waals surface area contributed by atoms with Gasteiger partial charge in [-0.2, -0.15) is 5.10 Å². The van der Waals surface area contributed by atoms with Crippen LogP contribution in [0.15, 0.2) is 91.1 Å². The Morgan fingerprint density at radius 1 is 0.643 bits per heavy atom. The van der Waals surface area contributed by atoms with Crippen LogP contribution in [-0.4, -0.2) is 19.6 Å². The molecule has 0 amide bonds. The number of rotatable bonds is 3. The maximum absolute atomic E-state index is 13.6. The number of hydrogen-bond acceptors (Lipinski definition) is 3. The number of halogens is 1. The maximum atomic E-state index is 13.6. The van der Waals surface area contributed by atoms with Gasteiger partial charge in [-0.3, -0.25) is 0 Å². The van der Waals surface area contributed by atoms with Gasteiger partial charge in [-0.25, -0.2) is 18.9 Å². The van der Waals surface area contributed by atoms with Crippen LogP contribution in [0.2, 0.25) is 0 Å². The minimum Gasteiger partial charge on any atom is -0.209 e. The largest absolute Gasteiger partial charge is 0.251 e. The third-order valence-electron chi connectivity index (χ3n) is 4.53. The molecule has 5 aromatic rings. The zero-order valence-corrected chi connectivity index (χ0v) is 14.8. The van der Waals surface area contributed by atoms with Crippen LogP contribution in [-0.2, 0) is 0 Å². The van der Waals surface area contributed by atoms with Gasteiger partial charge in [0.05, 0.1) is 11.9 Å². The summed E-state index contributed by atoms with van der Waals surface area (Å²) in [7, 11) is 0. The number of fused-ring (bicyclic) bond motifs is 1. The predicted molar refractivity (Wildman–Crippen MR) is 107 cm³/mol. The Kier molecular flexibility index (Phi) is 3.91. The summed E-state index contributed by atoms with van der Waals surface area (Å²) < 4.78 is 15.3. The van der Waals surface area contributed by atoms with Crippen LogP contribution in [0, 0.1) is 5.82 Å². The number of benzene rings is 3. The van der Waals surface area contributed by atoms with Crippen LogP contribution >= 0.6 is 0 Å². The van der Waals surface area contributed by atoms with E-state index < -0.39 is 0 Å². The molecule has 0 fully saturated rings. The van der Waals surface area contributed by atoms with Gasteiger partial charge in [-0.15, -0.1) is 0 Å². The Hall–Kier alpha value is -3.86. The number of hydrogen-bond donors (Lipinski definition) is 0. The van der Waals surface area contributed by atoms with Crippen molar-refractivity contribution >= 4 is 5.78 Å². The lowest BCUT2D eigenvalue weighted by Crippen LogP contribution is -2.00. The van der Waals surface area contributed by atoms with E-state index >= 15 is 0 Å². The lowest BCUT2D eigenvalue weighted by molar-refractivity contribution is 0.628. The molecule has 28 heavy (non-hydrogen) atoms. The smallest absolute Gasteiger partial charge is 0.209 e. The van der Waals surface area contributed by atoms with E-state index in [4.69, 9.17) is 10.1 Å². The molecule has 5 rings (SSSR count). The third kappa shape index (κ3) is 2.93. The average molecular weight is 366 g/mol. The topological polar surface area (TPSA) is 43.1 Å². The van der Waals surface area contributed by atoms with Crippen molar-refractivity contribution in [2.45, 2.75) is 0 Å². The maximum Gasteiger partial charge on any atom is 0.251 e. The molecule has 0 atom stereocenters. The highest BCUT2D eigenvalue weighted by Gasteiger charge is 2.15. The first-order chi connectivity index (χ1) is 13.8. The molecule has 0 saturated carbocycles. The fourth-order valence-corrected chi connectivity index (χ4v) is 3.19. The normalized spacial score (nSPS) is 11.0. The molecular formula is C23H15FN4. The van der Waals surface area contributed by atoms with Gasteiger partial charge in [0.2, 0.25) is 0 Å². The summed E-state index contributed by atoms with van der Waals surface area (Å²) >= 11 is 0. The van der Waals surface area contributed by atoms with E-state index in [1.165, 1.54) is 12.1 Å². The van der Waals surface area contributed by atoms with Crippen molar-refractivity contribution in [2.75, 3.05) is 0 Å². The monoisotopic (exact) mass is 366 g/mol. The van der Waals surface area contributed by atoms with Crippen molar-refractivity contribution in [1.29, 1.82) is 0 Å². The van der Waals surface area contributed by atoms with Gasteiger partial charge in [0.1, 0.15) is 17.2 Å². The fourth-order valence-electron chi connectivity index (χ4n) is 3.19. The Morgan fingerprint density at radius 3 is 1.96 bits per heavy atom. The van der Waals surface area contributed by atoms with Crippen molar-refractivity contribution < 1.29 is 4.39 Å². The Labute approximate surface area is 161 Å². The van der Waals surface area contributed by atoms with Crippen molar-refractivity contribution in [2.24, 2.45) is 0 Å². The molecule has 134 valence electrons. The van der Waals surface area contributed by atoms with Crippen molar-refractivity contribution in [1.82, 2.24) is 19.6 Å². The summed E-state index contributed by atoms with van der Waals surface area (Å²) in [5.74, 6) is 0.170. The summed E-state index contributed by atoms with van der Waals surface area (Å²) in [5, 5.41) is 4.79. The molecule has 5 heteroatoms. The molecule has 4 nitrogen and oxygen atoms in total. The molecule has 0 bridgehead atoms. The first-order valence-electron chi connectivity index (χ1n) is 8.92. The standard InChI is InChI=1S/C23H15FN4/c24-19-13-7-12-18(14-19)20-15-28-23(25-20)26-21(16-8-3-1-4-9-16)22(27-28)17-10-5-2-6-11-17/h1-15H. The minimum atomic E-state index is -0.301. The van der Waals surface area contributed by atoms with Crippen LogP contribution in [0.25, 0.3) is 39.5 Å². The summed E-state index contributed by atoms with van der Waals surface area (Å²) in [6, 6.07) is 26.2. The average Bonchev–Trinajstić information content (AvgIpc) is 3.17. The molecule has 0 aliphatic carbocycles. The second-order valence-corrected chi connectivity index (χ2v) is 6.42. The van der Waals surface area contributed by atoms with E-state index in [1.807, 2.05) is 66.7 Å². The van der Waals surface area contributed by atoms with E-state index in [2.05, 4.69) is 4.98 Å². The van der Waals surface area contributed by atoms with Gasteiger partial charge in [0, 0.05) is 16.7 Å². The van der Waals surface area contributed by atoms with Gasteiger partial charge in [0.15, 0.2) is 0 Å². The second-order valence-electron chi connectivity index (χ2n) is 6.42. The van der Waals surface area contributed by atoms with E-state index in [0.717, 1.165) is 22.5 Å². The molecule has 0 radical (unpaired) electrons. The Bertz CT molecular complexity index is 1190. The van der Waals surface area contributed by atoms with Crippen LogP contribution in [0.5, 0.6) is 0 Å². The zero-order valence-electron chi connectivity index (χ0n) is 14.8. The van der Waals surface area contributed by atoms with Crippen LogP contribution < -0.4 is 0 Å². The Morgan fingerprint density at radius 2 is 1.29 bits per heavy atom. The lowest BCUT2D eigenvalue weighted by Gasteiger charge is -2.08. The number of imidazole rings is 1. The summed E-state index contributed by atoms with van der Waals surface area (Å²) in [5.41, 5.74) is 4.78. The van der Waals surface area contributed by atoms with Gasteiger partial charge in [0.25, 0.3) is 5.78 Å². The molecule has 0 unspecified atom stereocenters. The molecule has 0 N–H and O–H groups in total. The molecular weight excluding hydrogens is 351 g/mol. The highest BCUT2D eigenvalue weighted by molar-refractivity contribution is 5.78. The van der Waals surface area contributed by atoms with E-state index in [0.29, 0.717) is 17.0 Å². The third-order valence-corrected chi connectivity index (χ3v) is 4.53. The number of aromatic nitrogens is 4. The molecule has 2 heterocycles. The summed E-state index contributed by atoms with van der Waals surface area (Å²) in [4.78, 5) is 9.35. The van der Waals surface area contributed by atoms with Gasteiger partial charge >= 0.3 is 0 Å². The summed E-state index contributed by atoms with van der Waals surface area (Å²) in [6.45, 7) is 0. The van der Waals surface area contributed by atoms with E-state index in [9.17, 15) is 4.39 Å². The fraction of sp³-hybridized carbons (Fsp3) is 0. The first-order valence-corrected chi connectivity index (χ1v) is 8.92. The molecule has 0 aliphatic rings. The van der Waals surface area contributed by atoms with Crippen LogP contribution in [0.4, 0.5) is 4.39 Å². The van der Waals surface area contributed by atoms with Crippen molar-refractivity contribution in [3.63, 3.8) is 0 Å². The van der Waals surface area contributed by atoms with E-state index in [-0.39, 0.29) is 5.82 Å². The van der Waals surface area contributed by atoms with E-state index in [1.54, 1.807) is 16.8 Å². The second kappa shape index (κ2) is 6.70. The predicted octanol–water partition coefficient (Wildman–Crippen LogP) is 5.26. The molecule has 0 spiro atoms. The molecule has 2 aromatic heterocycles. The first kappa shape index (κ1) is 16.3. The zero-order chi connectivity index (χ0) is 18.9. The number of nitrogens with zero attached hydrogens (tertiary/aromatic N) is 4. The lowest BCUT2D eigenvalue weighted by atomic mass is 10.0. The highest BCUT2D eigenvalue weighted by Crippen LogP contribution is 2.29. The molecule has 0 aliphatic heterocycles. The minimum absolute atomic E-state index is 0.301. The highest BCUT2D eigenvalue weighted by atomic mass is 19.1. The van der Waals surface area contributed by atoms with Crippen LogP contribution in [0.1, 0.15) is 0 Å².